The van der Waals surface area contributed by atoms with Crippen LogP contribution in [0.15, 0.2) is 119 Å². The first-order valence-electron chi connectivity index (χ1n) is 13.5. The molecule has 0 bridgehead atoms. The van der Waals surface area contributed by atoms with Gasteiger partial charge in [0.15, 0.2) is 5.43 Å². The molecule has 4 aromatic carbocycles. The number of alkyl carbamates (subject to hydrolysis) is 1. The number of benzene rings is 4. The first-order chi connectivity index (χ1) is 20.9. The zero-order valence-corrected chi connectivity index (χ0v) is 22.8. The molecule has 43 heavy (non-hydrogen) atoms. The van der Waals surface area contributed by atoms with Gasteiger partial charge in [0.1, 0.15) is 40.9 Å². The lowest BCUT2D eigenvalue weighted by atomic mass is 10.1. The average molecular weight is 575 g/mol. The molecular weight excluding hydrogens is 548 g/mol. The molecule has 9 nitrogen and oxygen atoms in total. The number of carbonyl (C=O) groups is 2. The number of hydrogen-bond donors (Lipinski definition) is 3. The van der Waals surface area contributed by atoms with E-state index in [-0.39, 0.29) is 29.7 Å². The van der Waals surface area contributed by atoms with Gasteiger partial charge < -0.3 is 29.3 Å². The lowest BCUT2D eigenvalue weighted by molar-refractivity contribution is -0.136. The van der Waals surface area contributed by atoms with Gasteiger partial charge in [-0.3, -0.25) is 4.79 Å². The number of ether oxygens (including phenoxy) is 2. The van der Waals surface area contributed by atoms with Gasteiger partial charge in [0.2, 0.25) is 0 Å². The van der Waals surface area contributed by atoms with Gasteiger partial charge in [0, 0.05) is 47.3 Å². The summed E-state index contributed by atoms with van der Waals surface area (Å²) >= 11 is 0. The van der Waals surface area contributed by atoms with Crippen LogP contribution in [0, 0.1) is 0 Å². The van der Waals surface area contributed by atoms with Crippen molar-refractivity contribution in [3.63, 3.8) is 0 Å². The summed E-state index contributed by atoms with van der Waals surface area (Å²) < 4.78 is 16.9. The summed E-state index contributed by atoms with van der Waals surface area (Å²) in [7, 11) is 0. The molecule has 2 aromatic heterocycles. The molecule has 3 N–H and O–H groups in total. The van der Waals surface area contributed by atoms with E-state index in [2.05, 4.69) is 10.3 Å². The van der Waals surface area contributed by atoms with E-state index in [1.54, 1.807) is 30.5 Å². The number of esters is 1. The molecular formula is C34H26N2O7. The number of para-hydroxylation sites is 1. The Balaban J connectivity index is 1.27. The minimum atomic E-state index is -1.15. The molecule has 0 saturated carbocycles. The number of aromatic amines is 1. The molecule has 6 aromatic rings. The third kappa shape index (κ3) is 6.11. The molecule has 214 valence electrons. The maximum atomic E-state index is 13.5. The summed E-state index contributed by atoms with van der Waals surface area (Å²) in [5.74, 6) is -0.980. The van der Waals surface area contributed by atoms with Crippen molar-refractivity contribution in [1.82, 2.24) is 10.3 Å². The Labute approximate surface area is 245 Å². The molecule has 0 saturated heterocycles. The minimum Gasteiger partial charge on any atom is -0.507 e. The van der Waals surface area contributed by atoms with Crippen molar-refractivity contribution in [2.45, 2.75) is 19.1 Å². The first kappa shape index (κ1) is 27.3. The average Bonchev–Trinajstić information content (AvgIpc) is 3.43. The Morgan fingerprint density at radius 2 is 1.63 bits per heavy atom. The molecule has 1 amide bonds. The smallest absolute Gasteiger partial charge is 0.408 e. The van der Waals surface area contributed by atoms with Crippen molar-refractivity contribution < 1.29 is 28.6 Å². The van der Waals surface area contributed by atoms with Gasteiger partial charge in [0.25, 0.3) is 0 Å². The molecule has 0 aliphatic rings. The topological polar surface area (TPSA) is 131 Å². The van der Waals surface area contributed by atoms with Crippen molar-refractivity contribution in [2.75, 3.05) is 0 Å². The van der Waals surface area contributed by atoms with Crippen molar-refractivity contribution in [2.24, 2.45) is 0 Å². The predicted octanol–water partition coefficient (Wildman–Crippen LogP) is 6.09. The zero-order valence-electron chi connectivity index (χ0n) is 22.8. The van der Waals surface area contributed by atoms with E-state index >= 15 is 0 Å². The highest BCUT2D eigenvalue weighted by atomic mass is 16.6. The van der Waals surface area contributed by atoms with Crippen LogP contribution in [0.4, 0.5) is 4.79 Å². The predicted molar refractivity (Wildman–Crippen MR) is 161 cm³/mol. The molecule has 0 unspecified atom stereocenters. The number of nitrogens with one attached hydrogen (secondary N) is 2. The van der Waals surface area contributed by atoms with Gasteiger partial charge in [-0.25, -0.2) is 9.59 Å². The Bertz CT molecular complexity index is 1980. The Kier molecular flexibility index (Phi) is 7.60. The number of phenols is 1. The normalized spacial score (nSPS) is 11.7. The van der Waals surface area contributed by atoms with E-state index in [1.165, 1.54) is 12.1 Å². The molecule has 0 aliphatic heterocycles. The van der Waals surface area contributed by atoms with Crippen LogP contribution >= 0.6 is 0 Å². The number of hydrogen-bond acceptors (Lipinski definition) is 7. The highest BCUT2D eigenvalue weighted by molar-refractivity contribution is 5.89. The number of phenolic OH excluding ortho intramolecular Hbond substituents is 1. The summed E-state index contributed by atoms with van der Waals surface area (Å²) in [5.41, 5.74) is 2.70. The maximum Gasteiger partial charge on any atom is 0.408 e. The number of rotatable bonds is 8. The standard InChI is InChI=1S/C34H26N2O7/c37-28-16-24(17-31-32(28)29(38)18-30(43-31)22-11-5-2-6-12-22)42-33(39)27(15-23-19-35-26-14-8-7-13-25(23)26)36-34(40)41-20-21-9-3-1-4-10-21/h1-14,16-19,27,35,37H,15,20H2,(H,36,40)/t27-/m0/s1. The van der Waals surface area contributed by atoms with Crippen molar-refractivity contribution in [1.29, 1.82) is 0 Å². The van der Waals surface area contributed by atoms with Crippen LogP contribution in [0.5, 0.6) is 11.5 Å². The maximum absolute atomic E-state index is 13.5. The zero-order chi connectivity index (χ0) is 29.8. The van der Waals surface area contributed by atoms with Crippen molar-refractivity contribution in [3.05, 3.63) is 131 Å². The van der Waals surface area contributed by atoms with E-state index in [0.29, 0.717) is 11.3 Å². The molecule has 0 fully saturated rings. The van der Waals surface area contributed by atoms with Gasteiger partial charge >= 0.3 is 12.1 Å². The Morgan fingerprint density at radius 1 is 0.907 bits per heavy atom. The second-order valence-corrected chi connectivity index (χ2v) is 9.90. The van der Waals surface area contributed by atoms with E-state index < -0.39 is 29.3 Å². The van der Waals surface area contributed by atoms with Crippen molar-refractivity contribution in [3.8, 4) is 22.8 Å². The highest BCUT2D eigenvalue weighted by Gasteiger charge is 2.26. The van der Waals surface area contributed by atoms with Crippen LogP contribution in [0.2, 0.25) is 0 Å². The lowest BCUT2D eigenvalue weighted by Crippen LogP contribution is -2.44. The van der Waals surface area contributed by atoms with Gasteiger partial charge in [0.05, 0.1) is 0 Å². The number of aromatic nitrogens is 1. The fourth-order valence-electron chi connectivity index (χ4n) is 4.86. The van der Waals surface area contributed by atoms with E-state index in [1.807, 2.05) is 60.7 Å². The highest BCUT2D eigenvalue weighted by Crippen LogP contribution is 2.31. The third-order valence-electron chi connectivity index (χ3n) is 6.95. The van der Waals surface area contributed by atoms with Crippen LogP contribution in [0.3, 0.4) is 0 Å². The summed E-state index contributed by atoms with van der Waals surface area (Å²) in [6.07, 6.45) is 1.06. The van der Waals surface area contributed by atoms with Gasteiger partial charge in [-0.2, -0.15) is 0 Å². The van der Waals surface area contributed by atoms with Crippen LogP contribution in [-0.2, 0) is 22.6 Å². The molecule has 9 heteroatoms. The Morgan fingerprint density at radius 3 is 2.42 bits per heavy atom. The van der Waals surface area contributed by atoms with Gasteiger partial charge in [-0.15, -0.1) is 0 Å². The van der Waals surface area contributed by atoms with E-state index in [0.717, 1.165) is 28.1 Å². The summed E-state index contributed by atoms with van der Waals surface area (Å²) in [4.78, 5) is 42.3. The SMILES string of the molecule is O=C(N[C@@H](Cc1c[nH]c2ccccc12)C(=O)Oc1cc(O)c2c(=O)cc(-c3ccccc3)oc2c1)OCc1ccccc1. The summed E-state index contributed by atoms with van der Waals surface area (Å²) in [6, 6.07) is 28.4. The summed E-state index contributed by atoms with van der Waals surface area (Å²) in [5, 5.41) is 14.1. The lowest BCUT2D eigenvalue weighted by Gasteiger charge is -2.18. The number of aromatic hydroxyl groups is 1. The number of amides is 1. The van der Waals surface area contributed by atoms with Crippen molar-refractivity contribution >= 4 is 33.9 Å². The van der Waals surface area contributed by atoms with Crippen LogP contribution in [0.1, 0.15) is 11.1 Å². The third-order valence-corrected chi connectivity index (χ3v) is 6.95. The molecule has 6 rings (SSSR count). The molecule has 0 aliphatic carbocycles. The largest absolute Gasteiger partial charge is 0.507 e. The fourth-order valence-corrected chi connectivity index (χ4v) is 4.86. The molecule has 2 heterocycles. The van der Waals surface area contributed by atoms with E-state index in [4.69, 9.17) is 13.9 Å². The monoisotopic (exact) mass is 574 g/mol. The first-order valence-corrected chi connectivity index (χ1v) is 13.5. The summed E-state index contributed by atoms with van der Waals surface area (Å²) in [6.45, 7) is 0.0167. The number of H-pyrrole nitrogens is 1. The van der Waals surface area contributed by atoms with E-state index in [9.17, 15) is 19.5 Å². The number of fused-ring (bicyclic) bond motifs is 2. The van der Waals surface area contributed by atoms with Crippen LogP contribution in [0.25, 0.3) is 33.2 Å². The quantitative estimate of drug-likeness (QED) is 0.148. The second kappa shape index (κ2) is 12.0. The van der Waals surface area contributed by atoms with Gasteiger partial charge in [-0.05, 0) is 17.2 Å². The molecule has 0 radical (unpaired) electrons. The fraction of sp³-hybridized carbons (Fsp3) is 0.0882. The number of carbonyl (C=O) groups excluding carboxylic acids is 2. The van der Waals surface area contributed by atoms with Crippen LogP contribution in [-0.4, -0.2) is 28.2 Å². The van der Waals surface area contributed by atoms with Crippen LogP contribution < -0.4 is 15.5 Å². The molecule has 1 atom stereocenters. The molecule has 0 spiro atoms. The second-order valence-electron chi connectivity index (χ2n) is 9.90. The Hall–Kier alpha value is -5.83. The van der Waals surface area contributed by atoms with Gasteiger partial charge in [-0.1, -0.05) is 78.9 Å². The minimum absolute atomic E-state index is 0.0167.